The van der Waals surface area contributed by atoms with E-state index in [9.17, 15) is 9.59 Å². The van der Waals surface area contributed by atoms with Crippen molar-refractivity contribution >= 4 is 22.8 Å². The monoisotopic (exact) mass is 382 g/mol. The average Bonchev–Trinajstić information content (AvgIpc) is 3.26. The molecule has 8 heteroatoms. The van der Waals surface area contributed by atoms with Gasteiger partial charge in [0.15, 0.2) is 5.65 Å². The van der Waals surface area contributed by atoms with Gasteiger partial charge in [-0.3, -0.25) is 20.4 Å². The molecule has 28 heavy (non-hydrogen) atoms. The number of hydrogen-bond acceptors (Lipinski definition) is 4. The molecule has 3 heterocycles. The van der Waals surface area contributed by atoms with E-state index in [0.29, 0.717) is 28.0 Å². The first-order valence-electron chi connectivity index (χ1n) is 9.24. The highest BCUT2D eigenvalue weighted by Crippen LogP contribution is 2.28. The molecule has 0 aliphatic rings. The summed E-state index contributed by atoms with van der Waals surface area (Å²) in [6, 6.07) is 5.10. The summed E-state index contributed by atoms with van der Waals surface area (Å²) in [6.45, 7) is 12.0. The number of amides is 2. The fourth-order valence-corrected chi connectivity index (χ4v) is 2.97. The van der Waals surface area contributed by atoms with Crippen molar-refractivity contribution in [3.05, 3.63) is 47.0 Å². The molecule has 0 fully saturated rings. The lowest BCUT2D eigenvalue weighted by molar-refractivity contribution is 0.0845. The van der Waals surface area contributed by atoms with Crippen molar-refractivity contribution in [3.8, 4) is 0 Å². The largest absolute Gasteiger partial charge is 0.357 e. The molecule has 3 N–H and O–H groups in total. The first-order chi connectivity index (χ1) is 13.1. The molecule has 3 aromatic rings. The number of pyridine rings is 1. The van der Waals surface area contributed by atoms with Gasteiger partial charge in [0.1, 0.15) is 5.69 Å². The maximum atomic E-state index is 12.9. The van der Waals surface area contributed by atoms with Crippen LogP contribution in [0.4, 0.5) is 0 Å². The fourth-order valence-electron chi connectivity index (χ4n) is 2.97. The molecule has 148 valence electrons. The Labute approximate surface area is 163 Å². The van der Waals surface area contributed by atoms with Gasteiger partial charge in [0.2, 0.25) is 0 Å². The standard InChI is InChI=1S/C20H26N6O2/c1-11(2)15-10-13(18(27)23-24-19(28)14-8-7-9-21-14)16-12(3)25-26(17(16)22-15)20(4,5)6/h7-11,21H,1-6H3,(H,23,27)(H,24,28). The minimum absolute atomic E-state index is 0.132. The molecule has 0 unspecified atom stereocenters. The molecule has 0 atom stereocenters. The van der Waals surface area contributed by atoms with Crippen molar-refractivity contribution in [3.63, 3.8) is 0 Å². The van der Waals surface area contributed by atoms with E-state index in [1.165, 1.54) is 0 Å². The smallest absolute Gasteiger partial charge is 0.286 e. The van der Waals surface area contributed by atoms with Crippen molar-refractivity contribution in [1.82, 2.24) is 30.6 Å². The summed E-state index contributed by atoms with van der Waals surface area (Å²) in [5.41, 5.74) is 7.62. The zero-order valence-electron chi connectivity index (χ0n) is 17.0. The zero-order chi connectivity index (χ0) is 20.6. The number of fused-ring (bicyclic) bond motifs is 1. The van der Waals surface area contributed by atoms with Crippen molar-refractivity contribution in [1.29, 1.82) is 0 Å². The van der Waals surface area contributed by atoms with Crippen LogP contribution in [0.15, 0.2) is 24.4 Å². The number of carbonyl (C=O) groups is 2. The number of rotatable bonds is 3. The van der Waals surface area contributed by atoms with Gasteiger partial charge in [0, 0.05) is 11.9 Å². The number of nitrogens with zero attached hydrogens (tertiary/aromatic N) is 3. The van der Waals surface area contributed by atoms with E-state index in [-0.39, 0.29) is 11.5 Å². The number of aryl methyl sites for hydroxylation is 1. The predicted octanol–water partition coefficient (Wildman–Crippen LogP) is 3.02. The molecule has 0 aromatic carbocycles. The van der Waals surface area contributed by atoms with Gasteiger partial charge in [-0.25, -0.2) is 9.67 Å². The van der Waals surface area contributed by atoms with Gasteiger partial charge >= 0.3 is 0 Å². The Balaban J connectivity index is 2.02. The van der Waals surface area contributed by atoms with Gasteiger partial charge in [-0.1, -0.05) is 13.8 Å². The number of hydrogen-bond donors (Lipinski definition) is 3. The van der Waals surface area contributed by atoms with E-state index in [1.54, 1.807) is 24.4 Å². The van der Waals surface area contributed by atoms with Crippen LogP contribution in [-0.4, -0.2) is 31.6 Å². The van der Waals surface area contributed by atoms with E-state index < -0.39 is 11.8 Å². The third-order valence-electron chi connectivity index (χ3n) is 4.44. The van der Waals surface area contributed by atoms with E-state index in [4.69, 9.17) is 4.98 Å². The lowest BCUT2D eigenvalue weighted by Crippen LogP contribution is -2.42. The molecular weight excluding hydrogens is 356 g/mol. The highest BCUT2D eigenvalue weighted by Gasteiger charge is 2.25. The van der Waals surface area contributed by atoms with Crippen LogP contribution in [0.1, 0.15) is 72.8 Å². The SMILES string of the molecule is Cc1nn(C(C)(C)C)c2nc(C(C)C)cc(C(=O)NNC(=O)c3ccc[nH]3)c12. The van der Waals surface area contributed by atoms with Crippen LogP contribution in [0.2, 0.25) is 0 Å². The maximum Gasteiger partial charge on any atom is 0.286 e. The van der Waals surface area contributed by atoms with E-state index in [0.717, 1.165) is 5.69 Å². The van der Waals surface area contributed by atoms with Crippen LogP contribution in [0.5, 0.6) is 0 Å². The first-order valence-corrected chi connectivity index (χ1v) is 9.24. The van der Waals surface area contributed by atoms with Gasteiger partial charge in [-0.05, 0) is 51.8 Å². The Morgan fingerprint density at radius 1 is 1.18 bits per heavy atom. The molecule has 8 nitrogen and oxygen atoms in total. The third-order valence-corrected chi connectivity index (χ3v) is 4.44. The topological polar surface area (TPSA) is 105 Å². The number of hydrazine groups is 1. The molecule has 2 amide bonds. The average molecular weight is 382 g/mol. The van der Waals surface area contributed by atoms with E-state index in [1.807, 2.05) is 46.2 Å². The van der Waals surface area contributed by atoms with Crippen LogP contribution in [0.25, 0.3) is 11.0 Å². The fraction of sp³-hybridized carbons (Fsp3) is 0.400. The minimum Gasteiger partial charge on any atom is -0.357 e. The number of carbonyl (C=O) groups excluding carboxylic acids is 2. The van der Waals surface area contributed by atoms with Gasteiger partial charge < -0.3 is 4.98 Å². The van der Waals surface area contributed by atoms with Gasteiger partial charge in [-0.2, -0.15) is 5.10 Å². The van der Waals surface area contributed by atoms with E-state index in [2.05, 4.69) is 20.9 Å². The summed E-state index contributed by atoms with van der Waals surface area (Å²) < 4.78 is 1.85. The highest BCUT2D eigenvalue weighted by molar-refractivity contribution is 6.07. The van der Waals surface area contributed by atoms with Gasteiger partial charge in [-0.15, -0.1) is 0 Å². The Morgan fingerprint density at radius 2 is 1.86 bits per heavy atom. The number of aromatic nitrogens is 4. The van der Waals surface area contributed by atoms with Crippen molar-refractivity contribution in [2.45, 2.75) is 53.0 Å². The predicted molar refractivity (Wildman–Crippen MR) is 107 cm³/mol. The second-order valence-electron chi connectivity index (χ2n) is 8.11. The van der Waals surface area contributed by atoms with Crippen LogP contribution < -0.4 is 10.9 Å². The van der Waals surface area contributed by atoms with Crippen molar-refractivity contribution in [2.24, 2.45) is 0 Å². The Bertz CT molecular complexity index is 1030. The molecule has 0 aliphatic carbocycles. The van der Waals surface area contributed by atoms with Crippen LogP contribution in [0.3, 0.4) is 0 Å². The quantitative estimate of drug-likeness (QED) is 0.606. The summed E-state index contributed by atoms with van der Waals surface area (Å²) in [5.74, 6) is -0.700. The molecule has 0 spiro atoms. The Morgan fingerprint density at radius 3 is 2.43 bits per heavy atom. The molecule has 3 aromatic heterocycles. The molecule has 0 saturated heterocycles. The normalized spacial score (nSPS) is 11.8. The summed E-state index contributed by atoms with van der Waals surface area (Å²) in [4.78, 5) is 32.6. The molecule has 0 saturated carbocycles. The van der Waals surface area contributed by atoms with Crippen molar-refractivity contribution in [2.75, 3.05) is 0 Å². The summed E-state index contributed by atoms with van der Waals surface area (Å²) in [6.07, 6.45) is 1.64. The lowest BCUT2D eigenvalue weighted by Gasteiger charge is -2.20. The van der Waals surface area contributed by atoms with Crippen LogP contribution in [-0.2, 0) is 5.54 Å². The molecule has 3 rings (SSSR count). The Kier molecular flexibility index (Phi) is 4.97. The number of H-pyrrole nitrogens is 1. The molecule has 0 aliphatic heterocycles. The lowest BCUT2D eigenvalue weighted by atomic mass is 10.0. The maximum absolute atomic E-state index is 12.9. The first kappa shape index (κ1) is 19.6. The molecule has 0 bridgehead atoms. The van der Waals surface area contributed by atoms with Crippen molar-refractivity contribution < 1.29 is 9.59 Å². The van der Waals surface area contributed by atoms with E-state index >= 15 is 0 Å². The third kappa shape index (κ3) is 3.62. The number of aromatic amines is 1. The van der Waals surface area contributed by atoms with Gasteiger partial charge in [0.25, 0.3) is 11.8 Å². The highest BCUT2D eigenvalue weighted by atomic mass is 16.2. The summed E-state index contributed by atoms with van der Waals surface area (Å²) >= 11 is 0. The minimum atomic E-state index is -0.421. The molecule has 0 radical (unpaired) electrons. The number of nitrogens with one attached hydrogen (secondary N) is 3. The Hall–Kier alpha value is -3.16. The second-order valence-corrected chi connectivity index (χ2v) is 8.11. The molecular formula is C20H26N6O2. The van der Waals surface area contributed by atoms with Crippen LogP contribution in [0, 0.1) is 6.92 Å². The zero-order valence-corrected chi connectivity index (χ0v) is 17.0. The second kappa shape index (κ2) is 7.10. The van der Waals surface area contributed by atoms with Gasteiger partial charge in [0.05, 0.1) is 22.2 Å². The summed E-state index contributed by atoms with van der Waals surface area (Å²) in [5, 5.41) is 5.31. The van der Waals surface area contributed by atoms with Crippen LogP contribution >= 0.6 is 0 Å². The summed E-state index contributed by atoms with van der Waals surface area (Å²) in [7, 11) is 0.